The van der Waals surface area contributed by atoms with Gasteiger partial charge in [-0.3, -0.25) is 19.8 Å². The SMILES string of the molecule is CC(C)(C)OC(=O)N(C[C@@H]1CCNC1=O)NC(=O)[C@@H]1[C@H]2CCC[C@H]2CN1C(=O)[C@@H](N)C(C)(C)C. The van der Waals surface area contributed by atoms with E-state index in [4.69, 9.17) is 10.5 Å². The Labute approximate surface area is 202 Å². The summed E-state index contributed by atoms with van der Waals surface area (Å²) < 4.78 is 5.49. The van der Waals surface area contributed by atoms with Crippen LogP contribution in [0.4, 0.5) is 4.79 Å². The molecule has 0 spiro atoms. The number of nitrogens with two attached hydrogens (primary N) is 1. The Bertz CT molecular complexity index is 818. The van der Waals surface area contributed by atoms with E-state index < -0.39 is 41.0 Å². The Kier molecular flexibility index (Phi) is 7.50. The summed E-state index contributed by atoms with van der Waals surface area (Å²) in [5.74, 6) is -1.03. The van der Waals surface area contributed by atoms with Gasteiger partial charge in [0.25, 0.3) is 5.91 Å². The van der Waals surface area contributed by atoms with E-state index in [1.807, 2.05) is 20.8 Å². The van der Waals surface area contributed by atoms with Gasteiger partial charge in [-0.15, -0.1) is 0 Å². The van der Waals surface area contributed by atoms with Gasteiger partial charge in [0.05, 0.1) is 18.5 Å². The summed E-state index contributed by atoms with van der Waals surface area (Å²) in [7, 11) is 0. The standard InChI is InChI=1S/C24H41N5O5/c1-23(2,3)18(25)21(32)28-12-14-8-7-9-16(14)17(28)20(31)27-29(22(33)34-24(4,5)6)13-15-10-11-26-19(15)30/h14-18H,7-13,25H2,1-6H3,(H,26,30)(H,27,31)/t14-,15-,16-,17-,18+/m0/s1. The number of rotatable bonds is 4. The number of hydrazine groups is 1. The molecule has 0 radical (unpaired) electrons. The van der Waals surface area contributed by atoms with Gasteiger partial charge in [0, 0.05) is 13.1 Å². The molecule has 0 unspecified atom stereocenters. The fourth-order valence-electron chi connectivity index (χ4n) is 5.14. The number of likely N-dealkylation sites (tertiary alicyclic amines) is 1. The third kappa shape index (κ3) is 5.82. The fourth-order valence-corrected chi connectivity index (χ4v) is 5.14. The quantitative estimate of drug-likeness (QED) is 0.522. The monoisotopic (exact) mass is 479 g/mol. The van der Waals surface area contributed by atoms with E-state index in [1.54, 1.807) is 25.7 Å². The van der Waals surface area contributed by atoms with Crippen LogP contribution in [0.15, 0.2) is 0 Å². The van der Waals surface area contributed by atoms with E-state index in [-0.39, 0.29) is 30.2 Å². The van der Waals surface area contributed by atoms with Crippen LogP contribution in [0.25, 0.3) is 0 Å². The number of amides is 4. The summed E-state index contributed by atoms with van der Waals surface area (Å²) in [5, 5.41) is 3.85. The smallest absolute Gasteiger partial charge is 0.429 e. The van der Waals surface area contributed by atoms with Crippen molar-refractivity contribution in [3.63, 3.8) is 0 Å². The Balaban J connectivity index is 1.82. The van der Waals surface area contributed by atoms with E-state index in [0.717, 1.165) is 24.3 Å². The average molecular weight is 480 g/mol. The predicted octanol–water partition coefficient (Wildman–Crippen LogP) is 1.39. The molecule has 3 aliphatic rings. The van der Waals surface area contributed by atoms with Crippen molar-refractivity contribution >= 4 is 23.8 Å². The lowest BCUT2D eigenvalue weighted by Gasteiger charge is -2.35. The van der Waals surface area contributed by atoms with E-state index in [0.29, 0.717) is 19.5 Å². The van der Waals surface area contributed by atoms with Crippen molar-refractivity contribution in [3.05, 3.63) is 0 Å². The summed E-state index contributed by atoms with van der Waals surface area (Å²) in [6.07, 6.45) is 2.64. The van der Waals surface area contributed by atoms with Gasteiger partial charge in [0.1, 0.15) is 11.6 Å². The van der Waals surface area contributed by atoms with Crippen LogP contribution in [0.3, 0.4) is 0 Å². The first-order valence-electron chi connectivity index (χ1n) is 12.3. The molecule has 10 heteroatoms. The minimum Gasteiger partial charge on any atom is -0.442 e. The summed E-state index contributed by atoms with van der Waals surface area (Å²) in [4.78, 5) is 53.6. The highest BCUT2D eigenvalue weighted by atomic mass is 16.6. The number of carbonyl (C=O) groups is 4. The molecule has 2 saturated heterocycles. The van der Waals surface area contributed by atoms with Crippen molar-refractivity contribution < 1.29 is 23.9 Å². The lowest BCUT2D eigenvalue weighted by molar-refractivity contribution is -0.144. The number of fused-ring (bicyclic) bond motifs is 1. The Morgan fingerprint density at radius 1 is 1.18 bits per heavy atom. The maximum absolute atomic E-state index is 13.6. The first-order chi connectivity index (χ1) is 15.7. The lowest BCUT2D eigenvalue weighted by Crippen LogP contribution is -2.59. The molecule has 0 aromatic rings. The summed E-state index contributed by atoms with van der Waals surface area (Å²) in [6, 6.07) is -1.46. The minimum atomic E-state index is -0.774. The highest BCUT2D eigenvalue weighted by molar-refractivity contribution is 5.92. The Morgan fingerprint density at radius 2 is 1.85 bits per heavy atom. The molecule has 4 N–H and O–H groups in total. The van der Waals surface area contributed by atoms with Gasteiger partial charge in [0.15, 0.2) is 0 Å². The molecular weight excluding hydrogens is 438 g/mol. The number of ether oxygens (including phenoxy) is 1. The van der Waals surface area contributed by atoms with Crippen LogP contribution < -0.4 is 16.5 Å². The van der Waals surface area contributed by atoms with Crippen molar-refractivity contribution in [2.75, 3.05) is 19.6 Å². The van der Waals surface area contributed by atoms with Crippen molar-refractivity contribution in [3.8, 4) is 0 Å². The van der Waals surface area contributed by atoms with Crippen LogP contribution in [-0.2, 0) is 19.1 Å². The zero-order valence-corrected chi connectivity index (χ0v) is 21.3. The van der Waals surface area contributed by atoms with Gasteiger partial charge in [0.2, 0.25) is 11.8 Å². The second-order valence-corrected chi connectivity index (χ2v) is 12.0. The molecule has 3 fully saturated rings. The second-order valence-electron chi connectivity index (χ2n) is 12.0. The molecule has 2 aliphatic heterocycles. The number of nitrogens with one attached hydrogen (secondary N) is 2. The molecule has 10 nitrogen and oxygen atoms in total. The lowest BCUT2D eigenvalue weighted by atomic mass is 9.86. The van der Waals surface area contributed by atoms with Crippen LogP contribution in [0.5, 0.6) is 0 Å². The number of hydrogen-bond donors (Lipinski definition) is 3. The minimum absolute atomic E-state index is 0.00273. The van der Waals surface area contributed by atoms with Crippen LogP contribution in [0.1, 0.15) is 67.2 Å². The third-order valence-electron chi connectivity index (χ3n) is 7.07. The van der Waals surface area contributed by atoms with Crippen molar-refractivity contribution in [2.24, 2.45) is 28.9 Å². The number of nitrogens with zero attached hydrogens (tertiary/aromatic N) is 2. The van der Waals surface area contributed by atoms with Crippen molar-refractivity contribution in [1.82, 2.24) is 20.7 Å². The normalized spacial score (nSPS) is 27.7. The molecule has 1 saturated carbocycles. The van der Waals surface area contributed by atoms with Gasteiger partial charge in [-0.2, -0.15) is 0 Å². The summed E-state index contributed by atoms with van der Waals surface area (Å²) >= 11 is 0. The molecule has 1 aliphatic carbocycles. The molecule has 0 aromatic carbocycles. The molecule has 34 heavy (non-hydrogen) atoms. The largest absolute Gasteiger partial charge is 0.442 e. The summed E-state index contributed by atoms with van der Waals surface area (Å²) in [5.41, 5.74) is 7.76. The van der Waals surface area contributed by atoms with Gasteiger partial charge in [-0.25, -0.2) is 9.80 Å². The van der Waals surface area contributed by atoms with Crippen LogP contribution in [0, 0.1) is 23.2 Å². The van der Waals surface area contributed by atoms with Gasteiger partial charge in [-0.1, -0.05) is 27.2 Å². The maximum atomic E-state index is 13.6. The molecule has 0 aromatic heterocycles. The molecule has 3 rings (SSSR count). The highest BCUT2D eigenvalue weighted by Crippen LogP contribution is 2.43. The first-order valence-corrected chi connectivity index (χ1v) is 12.3. The highest BCUT2D eigenvalue weighted by Gasteiger charge is 2.51. The second kappa shape index (κ2) is 9.71. The van der Waals surface area contributed by atoms with Crippen LogP contribution in [-0.4, -0.2) is 71.0 Å². The number of carbonyl (C=O) groups excluding carboxylic acids is 4. The average Bonchev–Trinajstić information content (AvgIpc) is 3.40. The molecule has 4 amide bonds. The third-order valence-corrected chi connectivity index (χ3v) is 7.07. The molecule has 2 heterocycles. The first kappa shape index (κ1) is 26.2. The van der Waals surface area contributed by atoms with E-state index in [9.17, 15) is 19.2 Å². The van der Waals surface area contributed by atoms with E-state index in [2.05, 4.69) is 10.7 Å². The van der Waals surface area contributed by atoms with E-state index in [1.165, 1.54) is 0 Å². The number of hydrogen-bond acceptors (Lipinski definition) is 6. The van der Waals surface area contributed by atoms with Crippen molar-refractivity contribution in [1.29, 1.82) is 0 Å². The maximum Gasteiger partial charge on any atom is 0.429 e. The molecule has 5 atom stereocenters. The molecule has 192 valence electrons. The predicted molar refractivity (Wildman–Crippen MR) is 126 cm³/mol. The summed E-state index contributed by atoms with van der Waals surface area (Å²) in [6.45, 7) is 11.9. The van der Waals surface area contributed by atoms with E-state index >= 15 is 0 Å². The zero-order valence-electron chi connectivity index (χ0n) is 21.3. The van der Waals surface area contributed by atoms with Crippen LogP contribution >= 0.6 is 0 Å². The van der Waals surface area contributed by atoms with Crippen molar-refractivity contribution in [2.45, 2.75) is 84.9 Å². The Hall–Kier alpha value is -2.36. The topological polar surface area (TPSA) is 134 Å². The molecule has 0 bridgehead atoms. The fraction of sp³-hybridized carbons (Fsp3) is 0.833. The van der Waals surface area contributed by atoms with Gasteiger partial charge in [-0.05, 0) is 57.3 Å². The van der Waals surface area contributed by atoms with Gasteiger partial charge >= 0.3 is 6.09 Å². The van der Waals surface area contributed by atoms with Crippen LogP contribution in [0.2, 0.25) is 0 Å². The van der Waals surface area contributed by atoms with Gasteiger partial charge < -0.3 is 20.7 Å². The Morgan fingerprint density at radius 3 is 2.41 bits per heavy atom. The zero-order chi connectivity index (χ0) is 25.4. The molecular formula is C24H41N5O5.